The van der Waals surface area contributed by atoms with E-state index >= 15 is 0 Å². The lowest BCUT2D eigenvalue weighted by Crippen LogP contribution is -2.43. The van der Waals surface area contributed by atoms with Crippen LogP contribution in [-0.4, -0.2) is 48.3 Å². The van der Waals surface area contributed by atoms with Gasteiger partial charge >= 0.3 is 0 Å². The third kappa shape index (κ3) is 5.09. The van der Waals surface area contributed by atoms with Crippen LogP contribution in [0.3, 0.4) is 0 Å². The van der Waals surface area contributed by atoms with E-state index in [1.165, 1.54) is 0 Å². The number of likely N-dealkylation sites (N-methyl/N-ethyl adjacent to an activating group) is 1. The van der Waals surface area contributed by atoms with Gasteiger partial charge in [0.25, 0.3) is 0 Å². The van der Waals surface area contributed by atoms with E-state index in [-0.39, 0.29) is 17.7 Å². The fourth-order valence-electron chi connectivity index (χ4n) is 2.69. The summed E-state index contributed by atoms with van der Waals surface area (Å²) in [5, 5.41) is 0.986. The van der Waals surface area contributed by atoms with E-state index in [0.717, 1.165) is 31.5 Å². The van der Waals surface area contributed by atoms with Crippen LogP contribution in [0.2, 0.25) is 10.0 Å². The molecule has 1 fully saturated rings. The predicted molar refractivity (Wildman–Crippen MR) is 91.3 cm³/mol. The maximum atomic E-state index is 12.3. The number of hydrogen-bond donors (Lipinski definition) is 1. The van der Waals surface area contributed by atoms with Crippen molar-refractivity contribution < 1.29 is 9.59 Å². The maximum absolute atomic E-state index is 12.3. The second kappa shape index (κ2) is 7.99. The molecule has 2 amide bonds. The second-order valence-corrected chi connectivity index (χ2v) is 6.77. The fourth-order valence-corrected chi connectivity index (χ4v) is 3.01. The number of nitrogens with two attached hydrogens (primary N) is 1. The molecule has 0 spiro atoms. The zero-order chi connectivity index (χ0) is 17.0. The number of carbonyl (C=O) groups excluding carboxylic acids is 2. The normalized spacial score (nSPS) is 16.3. The van der Waals surface area contributed by atoms with Gasteiger partial charge in [-0.15, -0.1) is 0 Å². The molecule has 126 valence electrons. The Morgan fingerprint density at radius 1 is 1.26 bits per heavy atom. The minimum Gasteiger partial charge on any atom is -0.369 e. The van der Waals surface area contributed by atoms with Crippen molar-refractivity contribution in [2.45, 2.75) is 19.4 Å². The second-order valence-electron chi connectivity index (χ2n) is 5.95. The molecule has 7 heteroatoms. The summed E-state index contributed by atoms with van der Waals surface area (Å²) in [6.07, 6.45) is 1.44. The van der Waals surface area contributed by atoms with Gasteiger partial charge in [0.2, 0.25) is 11.8 Å². The summed E-state index contributed by atoms with van der Waals surface area (Å²) in [5.74, 6) is -0.267. The van der Waals surface area contributed by atoms with Crippen molar-refractivity contribution in [1.29, 1.82) is 0 Å². The van der Waals surface area contributed by atoms with Gasteiger partial charge in [0.1, 0.15) is 0 Å². The van der Waals surface area contributed by atoms with E-state index in [2.05, 4.69) is 4.90 Å². The third-order valence-corrected chi connectivity index (χ3v) is 4.92. The average molecular weight is 358 g/mol. The molecule has 0 aliphatic carbocycles. The first-order valence-electron chi connectivity index (χ1n) is 7.56. The van der Waals surface area contributed by atoms with Crippen molar-refractivity contribution in [3.05, 3.63) is 33.8 Å². The predicted octanol–water partition coefficient (Wildman–Crippen LogP) is 2.15. The molecule has 0 atom stereocenters. The highest BCUT2D eigenvalue weighted by Crippen LogP contribution is 2.23. The Kier molecular flexibility index (Phi) is 6.27. The summed E-state index contributed by atoms with van der Waals surface area (Å²) in [5.41, 5.74) is 6.25. The quantitative estimate of drug-likeness (QED) is 0.877. The number of benzene rings is 1. The summed E-state index contributed by atoms with van der Waals surface area (Å²) < 4.78 is 0. The molecule has 0 bridgehead atoms. The summed E-state index contributed by atoms with van der Waals surface area (Å²) in [6.45, 7) is 2.27. The molecular formula is C16H21Cl2N3O2. The highest BCUT2D eigenvalue weighted by atomic mass is 35.5. The minimum absolute atomic E-state index is 0.0357. The van der Waals surface area contributed by atoms with Crippen LogP contribution in [0.25, 0.3) is 0 Å². The number of rotatable bonds is 5. The van der Waals surface area contributed by atoms with E-state index in [1.54, 1.807) is 24.1 Å². The van der Waals surface area contributed by atoms with Crippen LogP contribution in [-0.2, 0) is 16.1 Å². The van der Waals surface area contributed by atoms with E-state index in [1.807, 2.05) is 6.07 Å². The van der Waals surface area contributed by atoms with Gasteiger partial charge in [-0.05, 0) is 43.6 Å². The van der Waals surface area contributed by atoms with Crippen molar-refractivity contribution in [2.75, 3.05) is 26.7 Å². The Hall–Kier alpha value is -1.30. The number of likely N-dealkylation sites (tertiary alicyclic amines) is 1. The number of amides is 2. The van der Waals surface area contributed by atoms with E-state index in [9.17, 15) is 9.59 Å². The van der Waals surface area contributed by atoms with Crippen molar-refractivity contribution in [3.8, 4) is 0 Å². The van der Waals surface area contributed by atoms with Gasteiger partial charge in [0.05, 0.1) is 16.6 Å². The van der Waals surface area contributed by atoms with Crippen molar-refractivity contribution in [2.24, 2.45) is 11.7 Å². The zero-order valence-corrected chi connectivity index (χ0v) is 14.6. The minimum atomic E-state index is -0.243. The van der Waals surface area contributed by atoms with Gasteiger partial charge in [-0.2, -0.15) is 0 Å². The zero-order valence-electron chi connectivity index (χ0n) is 13.1. The molecule has 1 aromatic carbocycles. The van der Waals surface area contributed by atoms with Gasteiger partial charge < -0.3 is 10.6 Å². The molecule has 5 nitrogen and oxygen atoms in total. The van der Waals surface area contributed by atoms with E-state index in [0.29, 0.717) is 23.1 Å². The van der Waals surface area contributed by atoms with Crippen molar-refractivity contribution >= 4 is 35.0 Å². The molecule has 23 heavy (non-hydrogen) atoms. The summed E-state index contributed by atoms with van der Waals surface area (Å²) in [7, 11) is 1.76. The van der Waals surface area contributed by atoms with Gasteiger partial charge in [-0.25, -0.2) is 0 Å². The van der Waals surface area contributed by atoms with Gasteiger partial charge in [-0.1, -0.05) is 29.3 Å². The lowest BCUT2D eigenvalue weighted by atomic mass is 9.96. The lowest BCUT2D eigenvalue weighted by Gasteiger charge is -2.31. The molecule has 1 aliphatic heterocycles. The molecule has 2 N–H and O–H groups in total. The summed E-state index contributed by atoms with van der Waals surface area (Å²) in [4.78, 5) is 27.2. The standard InChI is InChI=1S/C16H21Cl2N3O2/c1-20(9-11-2-3-13(17)14(18)8-11)15(22)10-21-6-4-12(5-7-21)16(19)23/h2-3,8,12H,4-7,9-10H2,1H3,(H2,19,23). The van der Waals surface area contributed by atoms with E-state index in [4.69, 9.17) is 28.9 Å². The first-order valence-corrected chi connectivity index (χ1v) is 8.32. The fraction of sp³-hybridized carbons (Fsp3) is 0.500. The number of hydrogen-bond acceptors (Lipinski definition) is 3. The Morgan fingerprint density at radius 3 is 2.48 bits per heavy atom. The Bertz CT molecular complexity index is 587. The van der Waals surface area contributed by atoms with Crippen LogP contribution >= 0.6 is 23.2 Å². The first kappa shape index (κ1) is 18.0. The van der Waals surface area contributed by atoms with Gasteiger partial charge in [0, 0.05) is 19.5 Å². The number of nitrogens with zero attached hydrogens (tertiary/aromatic N) is 2. The SMILES string of the molecule is CN(Cc1ccc(Cl)c(Cl)c1)C(=O)CN1CCC(C(N)=O)CC1. The first-order chi connectivity index (χ1) is 10.9. The van der Waals surface area contributed by atoms with Crippen LogP contribution < -0.4 is 5.73 Å². The summed E-state index contributed by atoms with van der Waals surface area (Å²) in [6, 6.07) is 5.36. The van der Waals surface area contributed by atoms with Crippen molar-refractivity contribution in [3.63, 3.8) is 0 Å². The topological polar surface area (TPSA) is 66.6 Å². The van der Waals surface area contributed by atoms with Crippen LogP contribution in [0, 0.1) is 5.92 Å². The molecule has 2 rings (SSSR count). The van der Waals surface area contributed by atoms with Gasteiger partial charge in [-0.3, -0.25) is 14.5 Å². The van der Waals surface area contributed by atoms with Crippen LogP contribution in [0.5, 0.6) is 0 Å². The molecule has 0 saturated carbocycles. The van der Waals surface area contributed by atoms with Crippen LogP contribution in [0.1, 0.15) is 18.4 Å². The molecule has 1 saturated heterocycles. The molecule has 1 heterocycles. The molecule has 0 aromatic heterocycles. The largest absolute Gasteiger partial charge is 0.369 e. The lowest BCUT2D eigenvalue weighted by molar-refractivity contribution is -0.132. The van der Waals surface area contributed by atoms with Crippen LogP contribution in [0.15, 0.2) is 18.2 Å². The highest BCUT2D eigenvalue weighted by Gasteiger charge is 2.24. The average Bonchev–Trinajstić information content (AvgIpc) is 2.51. The highest BCUT2D eigenvalue weighted by molar-refractivity contribution is 6.42. The Balaban J connectivity index is 1.83. The van der Waals surface area contributed by atoms with Crippen molar-refractivity contribution in [1.82, 2.24) is 9.80 Å². The number of piperidine rings is 1. The monoisotopic (exact) mass is 357 g/mol. The summed E-state index contributed by atoms with van der Waals surface area (Å²) >= 11 is 11.9. The van der Waals surface area contributed by atoms with Gasteiger partial charge in [0.15, 0.2) is 0 Å². The molecule has 0 radical (unpaired) electrons. The Labute approximate surface area is 146 Å². The Morgan fingerprint density at radius 2 is 1.91 bits per heavy atom. The third-order valence-electron chi connectivity index (χ3n) is 4.18. The molecule has 0 unspecified atom stereocenters. The molecule has 1 aliphatic rings. The smallest absolute Gasteiger partial charge is 0.236 e. The maximum Gasteiger partial charge on any atom is 0.236 e. The number of halogens is 2. The molecule has 1 aromatic rings. The molecular weight excluding hydrogens is 337 g/mol. The van der Waals surface area contributed by atoms with Crippen LogP contribution in [0.4, 0.5) is 0 Å². The number of carbonyl (C=O) groups is 2. The number of primary amides is 1. The van der Waals surface area contributed by atoms with E-state index < -0.39 is 0 Å².